The number of rotatable bonds is 6. The first-order chi connectivity index (χ1) is 13.5. The lowest BCUT2D eigenvalue weighted by molar-refractivity contribution is 0.0593. The van der Waals surface area contributed by atoms with Crippen molar-refractivity contribution in [1.29, 1.82) is 5.26 Å². The maximum absolute atomic E-state index is 12.3. The molecule has 3 rings (SSSR count). The molecule has 0 unspecified atom stereocenters. The highest BCUT2D eigenvalue weighted by Gasteiger charge is 2.24. The molecule has 0 aliphatic carbocycles. The third kappa shape index (κ3) is 3.31. The number of methoxy groups -OCH3 is 1. The Labute approximate surface area is 161 Å². The number of hydrogen-bond donors (Lipinski definition) is 2. The monoisotopic (exact) mass is 381 g/mol. The van der Waals surface area contributed by atoms with E-state index in [1.165, 1.54) is 17.9 Å². The summed E-state index contributed by atoms with van der Waals surface area (Å²) in [6, 6.07) is 10.7. The van der Waals surface area contributed by atoms with Crippen LogP contribution in [0.4, 0.5) is 5.69 Å². The van der Waals surface area contributed by atoms with E-state index in [0.29, 0.717) is 35.1 Å². The van der Waals surface area contributed by atoms with E-state index in [1.807, 2.05) is 13.0 Å². The molecule has 0 aliphatic heterocycles. The van der Waals surface area contributed by atoms with Gasteiger partial charge in [0, 0.05) is 11.8 Å². The van der Waals surface area contributed by atoms with Gasteiger partial charge in [-0.2, -0.15) is 5.26 Å². The normalized spacial score (nSPS) is 10.5. The van der Waals surface area contributed by atoms with Gasteiger partial charge in [-0.15, -0.1) is 0 Å². The second-order valence-electron chi connectivity index (χ2n) is 5.82. The number of carbonyl (C=O) groups excluding carboxylic acids is 1. The number of aliphatic hydroxyl groups is 1. The van der Waals surface area contributed by atoms with E-state index in [2.05, 4.69) is 0 Å². The Hall–Kier alpha value is -3.70. The van der Waals surface area contributed by atoms with Gasteiger partial charge in [0.1, 0.15) is 29.9 Å². The first-order valence-corrected chi connectivity index (χ1v) is 8.50. The van der Waals surface area contributed by atoms with E-state index >= 15 is 0 Å². The highest BCUT2D eigenvalue weighted by molar-refractivity contribution is 5.96. The molecular formula is C20H19N3O5. The third-order valence-electron chi connectivity index (χ3n) is 4.16. The standard InChI is InChI=1S/C20H19N3O5/c1-3-27-17-6-4-12(16-7-5-14(11-24)28-16)8-15(17)23-10-13(9-21)18(22)19(23)20(25)26-2/h4-8,10,24H,3,11,22H2,1-2H3. The van der Waals surface area contributed by atoms with Gasteiger partial charge in [0.2, 0.25) is 0 Å². The highest BCUT2D eigenvalue weighted by atomic mass is 16.5. The Morgan fingerprint density at radius 1 is 1.36 bits per heavy atom. The number of nitriles is 1. The van der Waals surface area contributed by atoms with Crippen LogP contribution >= 0.6 is 0 Å². The summed E-state index contributed by atoms with van der Waals surface area (Å²) in [5.41, 5.74) is 7.39. The van der Waals surface area contributed by atoms with E-state index in [0.717, 1.165) is 0 Å². The van der Waals surface area contributed by atoms with Crippen LogP contribution in [-0.4, -0.2) is 29.4 Å². The van der Waals surface area contributed by atoms with Crippen LogP contribution in [0, 0.1) is 11.3 Å². The fraction of sp³-hybridized carbons (Fsp3) is 0.200. The van der Waals surface area contributed by atoms with Crippen molar-refractivity contribution in [3.05, 3.63) is 53.5 Å². The second-order valence-corrected chi connectivity index (χ2v) is 5.82. The SMILES string of the molecule is CCOc1ccc(-c2ccc(CO)o2)cc1-n1cc(C#N)c(N)c1C(=O)OC. The van der Waals surface area contributed by atoms with Crippen LogP contribution in [0.25, 0.3) is 17.0 Å². The number of anilines is 1. The summed E-state index contributed by atoms with van der Waals surface area (Å²) in [6.07, 6.45) is 1.46. The minimum atomic E-state index is -0.674. The van der Waals surface area contributed by atoms with Gasteiger partial charge < -0.3 is 29.3 Å². The molecule has 2 aromatic heterocycles. The molecule has 8 heteroatoms. The van der Waals surface area contributed by atoms with Gasteiger partial charge in [-0.3, -0.25) is 0 Å². The van der Waals surface area contributed by atoms with Crippen molar-refractivity contribution in [1.82, 2.24) is 4.57 Å². The lowest BCUT2D eigenvalue weighted by Crippen LogP contribution is -2.12. The summed E-state index contributed by atoms with van der Waals surface area (Å²) in [4.78, 5) is 12.3. The van der Waals surface area contributed by atoms with E-state index in [9.17, 15) is 15.2 Å². The van der Waals surface area contributed by atoms with Crippen molar-refractivity contribution in [2.75, 3.05) is 19.5 Å². The number of aliphatic hydroxyl groups excluding tert-OH is 1. The Balaban J connectivity index is 2.23. The average Bonchev–Trinajstić information content (AvgIpc) is 3.32. The van der Waals surface area contributed by atoms with Crippen LogP contribution in [0.1, 0.15) is 28.7 Å². The maximum atomic E-state index is 12.3. The zero-order chi connectivity index (χ0) is 20.3. The van der Waals surface area contributed by atoms with Crippen molar-refractivity contribution >= 4 is 11.7 Å². The Bertz CT molecular complexity index is 1060. The molecule has 2 heterocycles. The van der Waals surface area contributed by atoms with Crippen molar-refractivity contribution in [2.45, 2.75) is 13.5 Å². The summed E-state index contributed by atoms with van der Waals surface area (Å²) in [6.45, 7) is 2.02. The second kappa shape index (κ2) is 7.90. The summed E-state index contributed by atoms with van der Waals surface area (Å²) in [5, 5.41) is 18.5. The van der Waals surface area contributed by atoms with E-state index in [4.69, 9.17) is 19.6 Å². The van der Waals surface area contributed by atoms with Crippen LogP contribution in [0.15, 0.2) is 40.9 Å². The van der Waals surface area contributed by atoms with E-state index in [-0.39, 0.29) is 23.6 Å². The molecule has 8 nitrogen and oxygen atoms in total. The smallest absolute Gasteiger partial charge is 0.357 e. The van der Waals surface area contributed by atoms with Crippen molar-refractivity contribution in [2.24, 2.45) is 0 Å². The molecule has 0 atom stereocenters. The molecule has 144 valence electrons. The van der Waals surface area contributed by atoms with Crippen molar-refractivity contribution < 1.29 is 23.8 Å². The number of esters is 1. The molecule has 0 saturated heterocycles. The number of carbonyl (C=O) groups is 1. The van der Waals surface area contributed by atoms with E-state index in [1.54, 1.807) is 30.3 Å². The fourth-order valence-electron chi connectivity index (χ4n) is 2.86. The number of benzene rings is 1. The first-order valence-electron chi connectivity index (χ1n) is 8.50. The minimum absolute atomic E-state index is 0.0303. The largest absolute Gasteiger partial charge is 0.492 e. The molecule has 28 heavy (non-hydrogen) atoms. The zero-order valence-electron chi connectivity index (χ0n) is 15.4. The Kier molecular flexibility index (Phi) is 5.38. The number of hydrogen-bond acceptors (Lipinski definition) is 7. The average molecular weight is 381 g/mol. The Morgan fingerprint density at radius 2 is 2.14 bits per heavy atom. The number of furan rings is 1. The molecule has 0 bridgehead atoms. The highest BCUT2D eigenvalue weighted by Crippen LogP contribution is 2.34. The zero-order valence-corrected chi connectivity index (χ0v) is 15.4. The molecule has 1 aromatic carbocycles. The summed E-state index contributed by atoms with van der Waals surface area (Å²) in [5.74, 6) is 0.781. The maximum Gasteiger partial charge on any atom is 0.357 e. The van der Waals surface area contributed by atoms with Crippen molar-refractivity contribution in [3.63, 3.8) is 0 Å². The van der Waals surface area contributed by atoms with Crippen LogP contribution in [0.3, 0.4) is 0 Å². The summed E-state index contributed by atoms with van der Waals surface area (Å²) in [7, 11) is 1.24. The van der Waals surface area contributed by atoms with Gasteiger partial charge in [0.05, 0.1) is 30.7 Å². The molecule has 0 saturated carbocycles. The molecule has 0 radical (unpaired) electrons. The van der Waals surface area contributed by atoms with Gasteiger partial charge in [-0.1, -0.05) is 0 Å². The number of ether oxygens (including phenoxy) is 2. The number of nitrogens with two attached hydrogens (primary N) is 1. The minimum Gasteiger partial charge on any atom is -0.492 e. The van der Waals surface area contributed by atoms with Crippen LogP contribution in [0.2, 0.25) is 0 Å². The van der Waals surface area contributed by atoms with E-state index < -0.39 is 5.97 Å². The molecule has 3 aromatic rings. The number of nitrogens with zero attached hydrogens (tertiary/aromatic N) is 2. The third-order valence-corrected chi connectivity index (χ3v) is 4.16. The molecule has 0 amide bonds. The predicted molar refractivity (Wildman–Crippen MR) is 101 cm³/mol. The van der Waals surface area contributed by atoms with Crippen LogP contribution in [-0.2, 0) is 11.3 Å². The summed E-state index contributed by atoms with van der Waals surface area (Å²) < 4.78 is 17.6. The lowest BCUT2D eigenvalue weighted by atomic mass is 10.1. The van der Waals surface area contributed by atoms with Gasteiger partial charge in [0.15, 0.2) is 5.69 Å². The Morgan fingerprint density at radius 3 is 2.75 bits per heavy atom. The topological polar surface area (TPSA) is 124 Å². The quantitative estimate of drug-likeness (QED) is 0.629. The summed E-state index contributed by atoms with van der Waals surface area (Å²) >= 11 is 0. The van der Waals surface area contributed by atoms with Gasteiger partial charge >= 0.3 is 5.97 Å². The van der Waals surface area contributed by atoms with Gasteiger partial charge in [-0.05, 0) is 37.3 Å². The molecule has 0 spiro atoms. The predicted octanol–water partition coefficient (Wildman–Crippen LogP) is 2.87. The number of nitrogen functional groups attached to an aromatic ring is 1. The van der Waals surface area contributed by atoms with Gasteiger partial charge in [-0.25, -0.2) is 4.79 Å². The van der Waals surface area contributed by atoms with Crippen molar-refractivity contribution in [3.8, 4) is 28.8 Å². The van der Waals surface area contributed by atoms with Crippen LogP contribution < -0.4 is 10.5 Å². The van der Waals surface area contributed by atoms with Crippen LogP contribution in [0.5, 0.6) is 5.75 Å². The molecule has 0 aliphatic rings. The first kappa shape index (κ1) is 19.1. The lowest BCUT2D eigenvalue weighted by Gasteiger charge is -2.15. The fourth-order valence-corrected chi connectivity index (χ4v) is 2.86. The molecular weight excluding hydrogens is 362 g/mol. The molecule has 3 N–H and O–H groups in total. The number of aromatic nitrogens is 1. The van der Waals surface area contributed by atoms with Gasteiger partial charge in [0.25, 0.3) is 0 Å². The molecule has 0 fully saturated rings.